The number of rotatable bonds is 7. The standard InChI is InChI=1S/C12H21N3/c1-3-8-13-9-6-5-7-12-14-10-11-15(12)4-2/h5,7,10-11,13H,3-4,6,8-9H2,1-2H3. The Morgan fingerprint density at radius 3 is 3.00 bits per heavy atom. The highest BCUT2D eigenvalue weighted by Crippen LogP contribution is 2.00. The summed E-state index contributed by atoms with van der Waals surface area (Å²) in [6.07, 6.45) is 10.4. The number of hydrogen-bond donors (Lipinski definition) is 1. The summed E-state index contributed by atoms with van der Waals surface area (Å²) < 4.78 is 2.13. The van der Waals surface area contributed by atoms with Gasteiger partial charge >= 0.3 is 0 Å². The van der Waals surface area contributed by atoms with Crippen LogP contribution in [0.3, 0.4) is 0 Å². The molecule has 1 aromatic heterocycles. The molecule has 0 aliphatic rings. The largest absolute Gasteiger partial charge is 0.332 e. The minimum atomic E-state index is 0.980. The monoisotopic (exact) mass is 207 g/mol. The third kappa shape index (κ3) is 4.30. The Morgan fingerprint density at radius 2 is 2.27 bits per heavy atom. The van der Waals surface area contributed by atoms with Gasteiger partial charge in [-0.15, -0.1) is 0 Å². The summed E-state index contributed by atoms with van der Waals surface area (Å²) in [5, 5.41) is 3.37. The Balaban J connectivity index is 2.25. The lowest BCUT2D eigenvalue weighted by Gasteiger charge is -2.00. The van der Waals surface area contributed by atoms with Crippen molar-refractivity contribution < 1.29 is 0 Å². The zero-order valence-corrected chi connectivity index (χ0v) is 9.74. The molecular weight excluding hydrogens is 186 g/mol. The summed E-state index contributed by atoms with van der Waals surface area (Å²) >= 11 is 0. The van der Waals surface area contributed by atoms with Crippen LogP contribution >= 0.6 is 0 Å². The van der Waals surface area contributed by atoms with Crippen LogP contribution in [0, 0.1) is 0 Å². The van der Waals surface area contributed by atoms with E-state index in [2.05, 4.69) is 40.9 Å². The molecule has 0 bridgehead atoms. The van der Waals surface area contributed by atoms with Gasteiger partial charge in [-0.05, 0) is 38.9 Å². The summed E-state index contributed by atoms with van der Waals surface area (Å²) in [6, 6.07) is 0. The van der Waals surface area contributed by atoms with E-state index in [9.17, 15) is 0 Å². The lowest BCUT2D eigenvalue weighted by Crippen LogP contribution is -2.15. The highest BCUT2D eigenvalue weighted by atomic mass is 15.0. The number of aromatic nitrogens is 2. The maximum Gasteiger partial charge on any atom is 0.132 e. The molecule has 1 heterocycles. The van der Waals surface area contributed by atoms with Crippen molar-refractivity contribution in [3.63, 3.8) is 0 Å². The maximum absolute atomic E-state index is 4.28. The number of nitrogens with zero attached hydrogens (tertiary/aromatic N) is 2. The van der Waals surface area contributed by atoms with Crippen LogP contribution in [0.25, 0.3) is 6.08 Å². The molecule has 0 saturated carbocycles. The molecule has 1 rings (SSSR count). The fourth-order valence-electron chi connectivity index (χ4n) is 1.42. The first-order valence-electron chi connectivity index (χ1n) is 5.76. The highest BCUT2D eigenvalue weighted by Gasteiger charge is 1.94. The number of hydrogen-bond acceptors (Lipinski definition) is 2. The summed E-state index contributed by atoms with van der Waals surface area (Å²) in [4.78, 5) is 4.28. The molecule has 0 fully saturated rings. The van der Waals surface area contributed by atoms with Crippen molar-refractivity contribution in [3.05, 3.63) is 24.3 Å². The van der Waals surface area contributed by atoms with Gasteiger partial charge in [0.25, 0.3) is 0 Å². The molecule has 1 aromatic rings. The van der Waals surface area contributed by atoms with Gasteiger partial charge in [0.1, 0.15) is 5.82 Å². The molecule has 0 aliphatic carbocycles. The van der Waals surface area contributed by atoms with Crippen molar-refractivity contribution in [2.45, 2.75) is 33.2 Å². The molecule has 0 radical (unpaired) electrons. The van der Waals surface area contributed by atoms with Crippen LogP contribution in [-0.2, 0) is 6.54 Å². The van der Waals surface area contributed by atoms with E-state index in [1.807, 2.05) is 12.4 Å². The molecule has 0 spiro atoms. The van der Waals surface area contributed by atoms with Gasteiger partial charge in [-0.1, -0.05) is 13.0 Å². The van der Waals surface area contributed by atoms with Crippen molar-refractivity contribution >= 4 is 6.08 Å². The molecule has 15 heavy (non-hydrogen) atoms. The van der Waals surface area contributed by atoms with E-state index in [0.29, 0.717) is 0 Å². The number of imidazole rings is 1. The first kappa shape index (κ1) is 12.0. The average molecular weight is 207 g/mol. The molecule has 0 aromatic carbocycles. The Bertz CT molecular complexity index is 289. The summed E-state index contributed by atoms with van der Waals surface area (Å²) in [5.74, 6) is 1.05. The lowest BCUT2D eigenvalue weighted by molar-refractivity contribution is 0.678. The molecular formula is C12H21N3. The van der Waals surface area contributed by atoms with E-state index in [1.165, 1.54) is 6.42 Å². The summed E-state index contributed by atoms with van der Waals surface area (Å²) in [5.41, 5.74) is 0. The van der Waals surface area contributed by atoms with E-state index in [4.69, 9.17) is 0 Å². The van der Waals surface area contributed by atoms with Gasteiger partial charge in [-0.3, -0.25) is 0 Å². The van der Waals surface area contributed by atoms with Crippen molar-refractivity contribution in [1.29, 1.82) is 0 Å². The molecule has 0 aliphatic heterocycles. The zero-order chi connectivity index (χ0) is 10.9. The predicted molar refractivity (Wildman–Crippen MR) is 64.7 cm³/mol. The summed E-state index contributed by atoms with van der Waals surface area (Å²) in [6.45, 7) is 7.45. The van der Waals surface area contributed by atoms with E-state index in [1.54, 1.807) is 0 Å². The lowest BCUT2D eigenvalue weighted by atomic mass is 10.3. The molecule has 0 atom stereocenters. The van der Waals surface area contributed by atoms with E-state index in [-0.39, 0.29) is 0 Å². The first-order chi connectivity index (χ1) is 7.38. The van der Waals surface area contributed by atoms with E-state index < -0.39 is 0 Å². The maximum atomic E-state index is 4.28. The summed E-state index contributed by atoms with van der Waals surface area (Å²) in [7, 11) is 0. The smallest absolute Gasteiger partial charge is 0.132 e. The SMILES string of the molecule is CCCNCCC=Cc1nccn1CC. The minimum Gasteiger partial charge on any atom is -0.332 e. The van der Waals surface area contributed by atoms with Crippen molar-refractivity contribution in [2.24, 2.45) is 0 Å². The normalized spacial score (nSPS) is 11.3. The fourth-order valence-corrected chi connectivity index (χ4v) is 1.42. The second kappa shape index (κ2) is 7.23. The second-order valence-electron chi connectivity index (χ2n) is 3.51. The molecule has 0 amide bonds. The van der Waals surface area contributed by atoms with Gasteiger partial charge in [-0.25, -0.2) is 4.98 Å². The van der Waals surface area contributed by atoms with Crippen LogP contribution in [0.1, 0.15) is 32.5 Å². The number of aryl methyl sites for hydroxylation is 1. The van der Waals surface area contributed by atoms with Gasteiger partial charge in [0.05, 0.1) is 0 Å². The van der Waals surface area contributed by atoms with Crippen LogP contribution in [0.2, 0.25) is 0 Å². The average Bonchev–Trinajstić information content (AvgIpc) is 2.70. The molecule has 0 saturated heterocycles. The van der Waals surface area contributed by atoms with Crippen LogP contribution in [0.15, 0.2) is 18.5 Å². The van der Waals surface area contributed by atoms with Gasteiger partial charge in [0.15, 0.2) is 0 Å². The van der Waals surface area contributed by atoms with Crippen LogP contribution in [0.4, 0.5) is 0 Å². The third-order valence-corrected chi connectivity index (χ3v) is 2.27. The highest BCUT2D eigenvalue weighted by molar-refractivity contribution is 5.40. The topological polar surface area (TPSA) is 29.9 Å². The Morgan fingerprint density at radius 1 is 1.40 bits per heavy atom. The van der Waals surface area contributed by atoms with Crippen LogP contribution in [0.5, 0.6) is 0 Å². The molecule has 3 heteroatoms. The fraction of sp³-hybridized carbons (Fsp3) is 0.583. The molecule has 3 nitrogen and oxygen atoms in total. The van der Waals surface area contributed by atoms with Crippen molar-refractivity contribution in [1.82, 2.24) is 14.9 Å². The van der Waals surface area contributed by atoms with Gasteiger partial charge in [0, 0.05) is 18.9 Å². The Labute approximate surface area is 92.2 Å². The second-order valence-corrected chi connectivity index (χ2v) is 3.51. The van der Waals surface area contributed by atoms with Gasteiger partial charge in [0.2, 0.25) is 0 Å². The van der Waals surface area contributed by atoms with Gasteiger partial charge in [-0.2, -0.15) is 0 Å². The number of nitrogens with one attached hydrogen (secondary N) is 1. The Kier molecular flexibility index (Phi) is 5.78. The molecule has 0 unspecified atom stereocenters. The van der Waals surface area contributed by atoms with Crippen molar-refractivity contribution in [2.75, 3.05) is 13.1 Å². The molecule has 1 N–H and O–H groups in total. The zero-order valence-electron chi connectivity index (χ0n) is 9.74. The van der Waals surface area contributed by atoms with E-state index in [0.717, 1.165) is 31.9 Å². The van der Waals surface area contributed by atoms with E-state index >= 15 is 0 Å². The Hall–Kier alpha value is -1.09. The quantitative estimate of drug-likeness (QED) is 0.695. The molecule has 84 valence electrons. The first-order valence-corrected chi connectivity index (χ1v) is 5.76. The van der Waals surface area contributed by atoms with Crippen molar-refractivity contribution in [3.8, 4) is 0 Å². The third-order valence-electron chi connectivity index (χ3n) is 2.27. The van der Waals surface area contributed by atoms with Gasteiger partial charge < -0.3 is 9.88 Å². The van der Waals surface area contributed by atoms with Crippen LogP contribution in [-0.4, -0.2) is 22.6 Å². The van der Waals surface area contributed by atoms with Crippen LogP contribution < -0.4 is 5.32 Å². The predicted octanol–water partition coefficient (Wildman–Crippen LogP) is 2.31. The minimum absolute atomic E-state index is 0.980.